The molecule has 2 rings (SSSR count). The van der Waals surface area contributed by atoms with Gasteiger partial charge in [-0.2, -0.15) is 0 Å². The van der Waals surface area contributed by atoms with Crippen molar-refractivity contribution in [2.45, 2.75) is 19.4 Å². The lowest BCUT2D eigenvalue weighted by molar-refractivity contribution is -0.124. The van der Waals surface area contributed by atoms with Crippen LogP contribution in [0.4, 0.5) is 5.69 Å². The Morgan fingerprint density at radius 1 is 1.39 bits per heavy atom. The number of halogens is 2. The lowest BCUT2D eigenvalue weighted by Crippen LogP contribution is -2.42. The van der Waals surface area contributed by atoms with E-state index in [0.717, 1.165) is 30.9 Å². The number of rotatable bonds is 6. The normalized spacial score (nSPS) is 17.7. The van der Waals surface area contributed by atoms with Gasteiger partial charge in [-0.1, -0.05) is 19.1 Å². The number of amides is 1. The second-order valence-electron chi connectivity index (χ2n) is 5.57. The van der Waals surface area contributed by atoms with Crippen molar-refractivity contribution in [2.75, 3.05) is 38.7 Å². The van der Waals surface area contributed by atoms with Crippen LogP contribution >= 0.6 is 24.8 Å². The number of ether oxygens (including phenoxy) is 1. The molecule has 1 aliphatic heterocycles. The summed E-state index contributed by atoms with van der Waals surface area (Å²) in [4.78, 5) is 14.3. The van der Waals surface area contributed by atoms with E-state index in [-0.39, 0.29) is 42.7 Å². The van der Waals surface area contributed by atoms with Crippen LogP contribution in [0.25, 0.3) is 0 Å². The lowest BCUT2D eigenvalue weighted by atomic mass is 10.1. The molecule has 0 radical (unpaired) electrons. The van der Waals surface area contributed by atoms with Crippen molar-refractivity contribution in [1.29, 1.82) is 0 Å². The summed E-state index contributed by atoms with van der Waals surface area (Å²) in [7, 11) is 3.55. The molecule has 0 aromatic heterocycles. The molecule has 2 unspecified atom stereocenters. The second-order valence-corrected chi connectivity index (χ2v) is 5.57. The van der Waals surface area contributed by atoms with Gasteiger partial charge in [-0.15, -0.1) is 24.8 Å². The van der Waals surface area contributed by atoms with Crippen molar-refractivity contribution >= 4 is 36.4 Å². The van der Waals surface area contributed by atoms with Gasteiger partial charge in [0.05, 0.1) is 12.8 Å². The van der Waals surface area contributed by atoms with E-state index >= 15 is 0 Å². The van der Waals surface area contributed by atoms with Crippen LogP contribution in [0.15, 0.2) is 24.3 Å². The average Bonchev–Trinajstić information content (AvgIpc) is 2.95. The molecule has 1 aliphatic rings. The summed E-state index contributed by atoms with van der Waals surface area (Å²) in [6.07, 6.45) is 0.968. The molecular formula is C16H27Cl2N3O2. The quantitative estimate of drug-likeness (QED) is 0.812. The Labute approximate surface area is 151 Å². The molecule has 1 aromatic rings. The molecule has 1 amide bonds. The minimum atomic E-state index is -0.00434. The smallest absolute Gasteiger partial charge is 0.224 e. The van der Waals surface area contributed by atoms with Gasteiger partial charge in [0.25, 0.3) is 0 Å². The van der Waals surface area contributed by atoms with Crippen LogP contribution in [0.3, 0.4) is 0 Å². The number of methoxy groups -OCH3 is 1. The minimum absolute atomic E-state index is 0. The third kappa shape index (κ3) is 5.75. The Morgan fingerprint density at radius 2 is 2.09 bits per heavy atom. The number of benzene rings is 1. The summed E-state index contributed by atoms with van der Waals surface area (Å²) in [6.45, 7) is 4.41. The summed E-state index contributed by atoms with van der Waals surface area (Å²) >= 11 is 0. The van der Waals surface area contributed by atoms with Crippen molar-refractivity contribution in [2.24, 2.45) is 5.92 Å². The van der Waals surface area contributed by atoms with Crippen LogP contribution < -0.4 is 20.3 Å². The Bertz CT molecular complexity index is 488. The number of para-hydroxylation sites is 2. The molecule has 1 saturated heterocycles. The molecule has 1 heterocycles. The zero-order valence-electron chi connectivity index (χ0n) is 13.9. The van der Waals surface area contributed by atoms with Gasteiger partial charge < -0.3 is 20.3 Å². The highest BCUT2D eigenvalue weighted by Crippen LogP contribution is 2.30. The highest BCUT2D eigenvalue weighted by molar-refractivity contribution is 5.85. The van der Waals surface area contributed by atoms with Gasteiger partial charge in [-0.3, -0.25) is 4.79 Å². The van der Waals surface area contributed by atoms with Gasteiger partial charge in [0.1, 0.15) is 5.75 Å². The third-order valence-corrected chi connectivity index (χ3v) is 3.92. The van der Waals surface area contributed by atoms with Gasteiger partial charge in [0.15, 0.2) is 0 Å². The number of nitrogens with zero attached hydrogens (tertiary/aromatic N) is 1. The summed E-state index contributed by atoms with van der Waals surface area (Å²) < 4.78 is 5.41. The number of anilines is 1. The van der Waals surface area contributed by atoms with Crippen molar-refractivity contribution in [1.82, 2.24) is 10.6 Å². The van der Waals surface area contributed by atoms with E-state index in [0.29, 0.717) is 6.54 Å². The fourth-order valence-corrected chi connectivity index (χ4v) is 2.73. The SMILES string of the molecule is CNCC(C)C(=O)NC1CCN(c2ccccc2OC)C1.Cl.Cl. The van der Waals surface area contributed by atoms with E-state index in [4.69, 9.17) is 4.74 Å². The van der Waals surface area contributed by atoms with Crippen LogP contribution in [-0.2, 0) is 4.79 Å². The zero-order valence-corrected chi connectivity index (χ0v) is 15.5. The van der Waals surface area contributed by atoms with E-state index in [9.17, 15) is 4.79 Å². The molecule has 0 saturated carbocycles. The summed E-state index contributed by atoms with van der Waals surface area (Å²) in [6, 6.07) is 8.22. The monoisotopic (exact) mass is 363 g/mol. The van der Waals surface area contributed by atoms with Gasteiger partial charge in [-0.25, -0.2) is 0 Å². The highest BCUT2D eigenvalue weighted by atomic mass is 35.5. The molecule has 5 nitrogen and oxygen atoms in total. The zero-order chi connectivity index (χ0) is 15.2. The van der Waals surface area contributed by atoms with Crippen molar-refractivity contribution in [3.63, 3.8) is 0 Å². The fraction of sp³-hybridized carbons (Fsp3) is 0.562. The second kappa shape index (κ2) is 10.6. The average molecular weight is 364 g/mol. The first-order valence-corrected chi connectivity index (χ1v) is 7.48. The van der Waals surface area contributed by atoms with Crippen LogP contribution in [0, 0.1) is 5.92 Å². The third-order valence-electron chi connectivity index (χ3n) is 3.92. The molecule has 0 aliphatic carbocycles. The molecule has 132 valence electrons. The van der Waals surface area contributed by atoms with Crippen molar-refractivity contribution in [3.8, 4) is 5.75 Å². The van der Waals surface area contributed by atoms with E-state index < -0.39 is 0 Å². The highest BCUT2D eigenvalue weighted by Gasteiger charge is 2.26. The predicted octanol–water partition coefficient (Wildman–Crippen LogP) is 2.09. The minimum Gasteiger partial charge on any atom is -0.495 e. The van der Waals surface area contributed by atoms with Crippen molar-refractivity contribution < 1.29 is 9.53 Å². The number of carbonyl (C=O) groups is 1. The molecule has 1 aromatic carbocycles. The van der Waals surface area contributed by atoms with Crippen molar-refractivity contribution in [3.05, 3.63) is 24.3 Å². The standard InChI is InChI=1S/C16H25N3O2.2ClH/c1-12(10-17-2)16(20)18-13-8-9-19(11-13)14-6-4-5-7-15(14)21-3;;/h4-7,12-13,17H,8-11H2,1-3H3,(H,18,20);2*1H. The molecule has 1 fully saturated rings. The number of carbonyl (C=O) groups excluding carboxylic acids is 1. The molecule has 23 heavy (non-hydrogen) atoms. The Hall–Kier alpha value is -1.17. The van der Waals surface area contributed by atoms with E-state index in [2.05, 4.69) is 21.6 Å². The first kappa shape index (κ1) is 21.8. The Morgan fingerprint density at radius 3 is 2.74 bits per heavy atom. The number of hydrogen-bond acceptors (Lipinski definition) is 4. The largest absolute Gasteiger partial charge is 0.495 e. The van der Waals surface area contributed by atoms with Crippen LogP contribution in [0.5, 0.6) is 5.75 Å². The Balaban J connectivity index is 0.00000242. The Kier molecular flexibility index (Phi) is 10.0. The van der Waals surface area contributed by atoms with Crippen LogP contribution in [0.1, 0.15) is 13.3 Å². The summed E-state index contributed by atoms with van der Waals surface area (Å²) in [5.74, 6) is 1.000. The lowest BCUT2D eigenvalue weighted by Gasteiger charge is -2.22. The number of hydrogen-bond donors (Lipinski definition) is 2. The van der Waals surface area contributed by atoms with E-state index in [1.807, 2.05) is 32.2 Å². The molecule has 2 atom stereocenters. The first-order valence-electron chi connectivity index (χ1n) is 7.48. The molecule has 2 N–H and O–H groups in total. The van der Waals surface area contributed by atoms with Gasteiger partial charge in [0.2, 0.25) is 5.91 Å². The maximum Gasteiger partial charge on any atom is 0.224 e. The molecule has 0 spiro atoms. The number of nitrogens with one attached hydrogen (secondary N) is 2. The first-order chi connectivity index (χ1) is 10.2. The molecule has 7 heteroatoms. The van der Waals surface area contributed by atoms with Gasteiger partial charge in [0, 0.05) is 31.6 Å². The summed E-state index contributed by atoms with van der Waals surface area (Å²) in [5, 5.41) is 6.17. The van der Waals surface area contributed by atoms with Gasteiger partial charge >= 0.3 is 0 Å². The topological polar surface area (TPSA) is 53.6 Å². The summed E-state index contributed by atoms with van der Waals surface area (Å²) in [5.41, 5.74) is 1.10. The maximum atomic E-state index is 12.1. The van der Waals surface area contributed by atoms with E-state index in [1.165, 1.54) is 0 Å². The van der Waals surface area contributed by atoms with E-state index in [1.54, 1.807) is 7.11 Å². The maximum absolute atomic E-state index is 12.1. The van der Waals surface area contributed by atoms with Crippen LogP contribution in [-0.4, -0.2) is 45.7 Å². The fourth-order valence-electron chi connectivity index (χ4n) is 2.73. The van der Waals surface area contributed by atoms with Gasteiger partial charge in [-0.05, 0) is 25.6 Å². The molecule has 0 bridgehead atoms. The predicted molar refractivity (Wildman–Crippen MR) is 99.3 cm³/mol. The van der Waals surface area contributed by atoms with Crippen LogP contribution in [0.2, 0.25) is 0 Å². The molecular weight excluding hydrogens is 337 g/mol.